The molecule has 1 N–H and O–H groups in total. The van der Waals surface area contributed by atoms with Gasteiger partial charge in [0, 0.05) is 29.8 Å². The number of nitrogens with one attached hydrogen (secondary N) is 1. The highest BCUT2D eigenvalue weighted by Gasteiger charge is 2.29. The van der Waals surface area contributed by atoms with Crippen LogP contribution in [0.1, 0.15) is 15.9 Å². The Kier molecular flexibility index (Phi) is 6.31. The average molecular weight is 437 g/mol. The van der Waals surface area contributed by atoms with E-state index in [9.17, 15) is 28.1 Å². The van der Waals surface area contributed by atoms with Crippen LogP contribution in [0.25, 0.3) is 10.6 Å². The summed E-state index contributed by atoms with van der Waals surface area (Å²) in [6.45, 7) is -1.52. The van der Waals surface area contributed by atoms with Crippen LogP contribution in [0.2, 0.25) is 0 Å². The predicted octanol–water partition coefficient (Wildman–Crippen LogP) is 4.59. The smallest absolute Gasteiger partial charge is 0.422 e. The van der Waals surface area contributed by atoms with Crippen molar-refractivity contribution in [2.75, 3.05) is 6.61 Å². The first kappa shape index (κ1) is 21.2. The van der Waals surface area contributed by atoms with E-state index in [0.29, 0.717) is 0 Å². The number of hydrogen-bond donors (Lipinski definition) is 1. The fourth-order valence-corrected chi connectivity index (χ4v) is 3.20. The quantitative estimate of drug-likeness (QED) is 0.431. The summed E-state index contributed by atoms with van der Waals surface area (Å²) in [7, 11) is 0. The van der Waals surface area contributed by atoms with Gasteiger partial charge in [0.05, 0.1) is 4.92 Å². The molecule has 3 rings (SSSR count). The molecule has 3 aromatic rings. The first-order valence-corrected chi connectivity index (χ1v) is 9.36. The molecule has 0 saturated heterocycles. The van der Waals surface area contributed by atoms with Crippen molar-refractivity contribution in [2.24, 2.45) is 0 Å². The van der Waals surface area contributed by atoms with E-state index in [1.807, 2.05) is 17.5 Å². The SMILES string of the molecule is O=C(NCc1cccc(-c2nccs2)c1)c1cc(OCC(F)(F)F)ccc1[N+](=O)[O-]. The summed E-state index contributed by atoms with van der Waals surface area (Å²) in [5, 5.41) is 16.4. The summed E-state index contributed by atoms with van der Waals surface area (Å²) in [5.41, 5.74) is 0.646. The van der Waals surface area contributed by atoms with Gasteiger partial charge in [-0.15, -0.1) is 11.3 Å². The van der Waals surface area contributed by atoms with Gasteiger partial charge in [0.2, 0.25) is 0 Å². The Bertz CT molecular complexity index is 1060. The zero-order chi connectivity index (χ0) is 21.7. The number of ether oxygens (including phenoxy) is 1. The van der Waals surface area contributed by atoms with E-state index >= 15 is 0 Å². The van der Waals surface area contributed by atoms with Crippen molar-refractivity contribution in [1.29, 1.82) is 0 Å². The molecule has 0 saturated carbocycles. The number of rotatable bonds is 7. The molecular formula is C19H14F3N3O4S. The molecule has 11 heteroatoms. The van der Waals surface area contributed by atoms with E-state index < -0.39 is 34.9 Å². The summed E-state index contributed by atoms with van der Waals surface area (Å²) in [6, 6.07) is 10.1. The fraction of sp³-hybridized carbons (Fsp3) is 0.158. The molecule has 30 heavy (non-hydrogen) atoms. The number of nitro groups is 1. The monoisotopic (exact) mass is 437 g/mol. The lowest BCUT2D eigenvalue weighted by Gasteiger charge is -2.11. The molecule has 0 aliphatic carbocycles. The van der Waals surface area contributed by atoms with Crippen molar-refractivity contribution >= 4 is 22.9 Å². The zero-order valence-electron chi connectivity index (χ0n) is 15.2. The van der Waals surface area contributed by atoms with Crippen LogP contribution in [-0.2, 0) is 6.54 Å². The third-order valence-corrected chi connectivity index (χ3v) is 4.69. The number of hydrogen-bond acceptors (Lipinski definition) is 6. The maximum absolute atomic E-state index is 12.5. The Balaban J connectivity index is 1.75. The van der Waals surface area contributed by atoms with Gasteiger partial charge in [0.1, 0.15) is 16.3 Å². The van der Waals surface area contributed by atoms with Crippen molar-refractivity contribution in [2.45, 2.75) is 12.7 Å². The maximum Gasteiger partial charge on any atom is 0.422 e. The predicted molar refractivity (Wildman–Crippen MR) is 103 cm³/mol. The minimum atomic E-state index is -4.58. The average Bonchev–Trinajstić information content (AvgIpc) is 3.25. The lowest BCUT2D eigenvalue weighted by atomic mass is 10.1. The molecule has 0 radical (unpaired) electrons. The number of aromatic nitrogens is 1. The lowest BCUT2D eigenvalue weighted by molar-refractivity contribution is -0.385. The van der Waals surface area contributed by atoms with Crippen molar-refractivity contribution in [3.8, 4) is 16.3 Å². The Labute approximate surface area is 172 Å². The van der Waals surface area contributed by atoms with Gasteiger partial charge < -0.3 is 10.1 Å². The van der Waals surface area contributed by atoms with E-state index in [0.717, 1.165) is 34.3 Å². The molecule has 0 aliphatic heterocycles. The Morgan fingerprint density at radius 2 is 2.03 bits per heavy atom. The molecule has 0 unspecified atom stereocenters. The van der Waals surface area contributed by atoms with Crippen LogP contribution in [0, 0.1) is 10.1 Å². The van der Waals surface area contributed by atoms with E-state index in [1.54, 1.807) is 18.3 Å². The molecule has 0 spiro atoms. The summed E-state index contributed by atoms with van der Waals surface area (Å²) in [4.78, 5) is 27.1. The molecule has 0 fully saturated rings. The largest absolute Gasteiger partial charge is 0.484 e. The molecular weight excluding hydrogens is 423 g/mol. The van der Waals surface area contributed by atoms with Gasteiger partial charge in [-0.05, 0) is 23.8 Å². The number of halogens is 3. The number of thiazole rings is 1. The highest BCUT2D eigenvalue weighted by atomic mass is 32.1. The highest BCUT2D eigenvalue weighted by molar-refractivity contribution is 7.13. The topological polar surface area (TPSA) is 94.4 Å². The van der Waals surface area contributed by atoms with Crippen molar-refractivity contribution in [1.82, 2.24) is 10.3 Å². The van der Waals surface area contributed by atoms with Gasteiger partial charge in [0.15, 0.2) is 6.61 Å². The lowest BCUT2D eigenvalue weighted by Crippen LogP contribution is -2.24. The molecule has 1 amide bonds. The Morgan fingerprint density at radius 1 is 1.23 bits per heavy atom. The van der Waals surface area contributed by atoms with Crippen LogP contribution in [0.15, 0.2) is 54.0 Å². The number of carbonyl (C=O) groups is 1. The molecule has 7 nitrogen and oxygen atoms in total. The molecule has 0 bridgehead atoms. The normalized spacial score (nSPS) is 11.2. The minimum absolute atomic E-state index is 0.0584. The van der Waals surface area contributed by atoms with E-state index in [4.69, 9.17) is 0 Å². The molecule has 1 aromatic heterocycles. The van der Waals surface area contributed by atoms with Gasteiger partial charge >= 0.3 is 6.18 Å². The van der Waals surface area contributed by atoms with Gasteiger partial charge in [0.25, 0.3) is 11.6 Å². The first-order chi connectivity index (χ1) is 14.2. The third kappa shape index (κ3) is 5.54. The molecule has 156 valence electrons. The van der Waals surface area contributed by atoms with Crippen molar-refractivity contribution in [3.05, 3.63) is 75.3 Å². The first-order valence-electron chi connectivity index (χ1n) is 8.48. The van der Waals surface area contributed by atoms with E-state index in [2.05, 4.69) is 15.0 Å². The second kappa shape index (κ2) is 8.91. The number of alkyl halides is 3. The van der Waals surface area contributed by atoms with Gasteiger partial charge in [-0.1, -0.05) is 18.2 Å². The standard InChI is InChI=1S/C19H14F3N3O4S/c20-19(21,22)11-29-14-4-5-16(25(27)28)15(9-14)17(26)24-10-12-2-1-3-13(8-12)18-23-6-7-30-18/h1-9H,10-11H2,(H,24,26). The van der Waals surface area contributed by atoms with Gasteiger partial charge in [-0.3, -0.25) is 14.9 Å². The summed E-state index contributed by atoms with van der Waals surface area (Å²) >= 11 is 1.45. The Morgan fingerprint density at radius 3 is 2.70 bits per heavy atom. The number of nitro benzene ring substituents is 1. The van der Waals surface area contributed by atoms with Crippen LogP contribution in [0.4, 0.5) is 18.9 Å². The van der Waals surface area contributed by atoms with E-state index in [1.165, 1.54) is 11.3 Å². The molecule has 2 aromatic carbocycles. The van der Waals surface area contributed by atoms with E-state index in [-0.39, 0.29) is 12.3 Å². The van der Waals surface area contributed by atoms with Gasteiger partial charge in [-0.25, -0.2) is 4.98 Å². The van der Waals surface area contributed by atoms with Crippen molar-refractivity contribution in [3.63, 3.8) is 0 Å². The zero-order valence-corrected chi connectivity index (χ0v) is 16.0. The minimum Gasteiger partial charge on any atom is -0.484 e. The van der Waals surface area contributed by atoms with Crippen molar-refractivity contribution < 1.29 is 27.6 Å². The van der Waals surface area contributed by atoms with Crippen LogP contribution < -0.4 is 10.1 Å². The van der Waals surface area contributed by atoms with Gasteiger partial charge in [-0.2, -0.15) is 13.2 Å². The second-order valence-corrected chi connectivity index (χ2v) is 6.95. The molecule has 0 aliphatic rings. The summed E-state index contributed by atoms with van der Waals surface area (Å²) in [5.74, 6) is -1.10. The third-order valence-electron chi connectivity index (χ3n) is 3.87. The van der Waals surface area contributed by atoms with Crippen LogP contribution in [0.3, 0.4) is 0 Å². The number of nitrogens with zero attached hydrogens (tertiary/aromatic N) is 2. The summed E-state index contributed by atoms with van der Waals surface area (Å²) in [6.07, 6.45) is -2.91. The second-order valence-electron chi connectivity index (χ2n) is 6.06. The maximum atomic E-state index is 12.5. The molecule has 1 heterocycles. The van der Waals surface area contributed by atoms with Crippen LogP contribution in [0.5, 0.6) is 5.75 Å². The number of benzene rings is 2. The molecule has 0 atom stereocenters. The highest BCUT2D eigenvalue weighted by Crippen LogP contribution is 2.26. The van der Waals surface area contributed by atoms with Crippen LogP contribution in [-0.4, -0.2) is 28.6 Å². The number of carbonyl (C=O) groups excluding carboxylic acids is 1. The van der Waals surface area contributed by atoms with Crippen LogP contribution >= 0.6 is 11.3 Å². The number of amides is 1. The summed E-state index contributed by atoms with van der Waals surface area (Å²) < 4.78 is 41.6. The Hall–Kier alpha value is -3.47. The fourth-order valence-electron chi connectivity index (χ4n) is 2.57.